The highest BCUT2D eigenvalue weighted by molar-refractivity contribution is 5.85. The molecule has 3 nitrogen and oxygen atoms in total. The van der Waals surface area contributed by atoms with Crippen molar-refractivity contribution in [3.05, 3.63) is 0 Å². The lowest BCUT2D eigenvalue weighted by atomic mass is 9.99. The number of amides is 1. The van der Waals surface area contributed by atoms with Gasteiger partial charge in [0.1, 0.15) is 0 Å². The molecule has 1 saturated heterocycles. The van der Waals surface area contributed by atoms with Crippen molar-refractivity contribution in [3.8, 4) is 0 Å². The predicted octanol–water partition coefficient (Wildman–Crippen LogP) is 0.280. The van der Waals surface area contributed by atoms with Crippen LogP contribution >= 0.6 is 12.4 Å². The van der Waals surface area contributed by atoms with E-state index >= 15 is 0 Å². The Morgan fingerprint density at radius 3 is 2.36 bits per heavy atom. The number of carbonyl (C=O) groups excluding carboxylic acids is 1. The van der Waals surface area contributed by atoms with E-state index in [0.717, 1.165) is 0 Å². The summed E-state index contributed by atoms with van der Waals surface area (Å²) in [5, 5.41) is 2.84. The van der Waals surface area contributed by atoms with E-state index in [9.17, 15) is 4.79 Å². The highest BCUT2D eigenvalue weighted by Gasteiger charge is 2.30. The number of hydrogen-bond donors (Lipinski definition) is 2. The average Bonchev–Trinajstić information content (AvgIpc) is 2.10. The van der Waals surface area contributed by atoms with Crippen molar-refractivity contribution >= 4 is 18.3 Å². The number of hydrogen-bond acceptors (Lipinski definition) is 2. The van der Waals surface area contributed by atoms with Gasteiger partial charge in [-0.3, -0.25) is 4.79 Å². The molecule has 1 aliphatic rings. The number of carbonyl (C=O) groups is 1. The van der Waals surface area contributed by atoms with Crippen LogP contribution in [0.4, 0.5) is 0 Å². The van der Waals surface area contributed by atoms with Gasteiger partial charge in [-0.05, 0) is 5.92 Å². The summed E-state index contributed by atoms with van der Waals surface area (Å²) in [6.07, 6.45) is 0.489. The number of nitrogens with two attached hydrogens (primary N) is 1. The zero-order valence-electron chi connectivity index (χ0n) is 6.83. The standard InChI is InChI=1S/C7H14N2O.ClH/c1-4(2)7-5(8)3-6(10)9-7;/h4-5,7H,3,8H2,1-2H3,(H,9,10);1H. The molecular formula is C7H15ClN2O. The van der Waals surface area contributed by atoms with Gasteiger partial charge in [0.05, 0.1) is 0 Å². The third-order valence-electron chi connectivity index (χ3n) is 1.93. The molecule has 4 heteroatoms. The van der Waals surface area contributed by atoms with Crippen LogP contribution in [0.1, 0.15) is 20.3 Å². The Balaban J connectivity index is 0.000001000. The molecule has 0 aromatic rings. The minimum Gasteiger partial charge on any atom is -0.351 e. The molecular weight excluding hydrogens is 164 g/mol. The molecule has 66 valence electrons. The zero-order chi connectivity index (χ0) is 7.72. The lowest BCUT2D eigenvalue weighted by Gasteiger charge is -2.18. The van der Waals surface area contributed by atoms with E-state index < -0.39 is 0 Å². The molecule has 2 unspecified atom stereocenters. The summed E-state index contributed by atoms with van der Waals surface area (Å²) in [5.41, 5.74) is 5.69. The largest absolute Gasteiger partial charge is 0.351 e. The van der Waals surface area contributed by atoms with Crippen LogP contribution < -0.4 is 11.1 Å². The molecule has 1 amide bonds. The first-order valence-electron chi connectivity index (χ1n) is 3.66. The van der Waals surface area contributed by atoms with Crippen LogP contribution in [0.15, 0.2) is 0 Å². The second-order valence-corrected chi connectivity index (χ2v) is 3.21. The molecule has 1 rings (SSSR count). The van der Waals surface area contributed by atoms with E-state index in [0.29, 0.717) is 12.3 Å². The zero-order valence-corrected chi connectivity index (χ0v) is 7.65. The van der Waals surface area contributed by atoms with E-state index in [1.807, 2.05) is 0 Å². The van der Waals surface area contributed by atoms with Crippen molar-refractivity contribution in [1.29, 1.82) is 0 Å². The maximum atomic E-state index is 10.8. The molecule has 0 bridgehead atoms. The summed E-state index contributed by atoms with van der Waals surface area (Å²) >= 11 is 0. The fourth-order valence-electron chi connectivity index (χ4n) is 1.35. The minimum atomic E-state index is 0. The van der Waals surface area contributed by atoms with Gasteiger partial charge < -0.3 is 11.1 Å². The Morgan fingerprint density at radius 1 is 1.64 bits per heavy atom. The monoisotopic (exact) mass is 178 g/mol. The molecule has 1 aliphatic heterocycles. The maximum Gasteiger partial charge on any atom is 0.221 e. The van der Waals surface area contributed by atoms with Gasteiger partial charge in [-0.2, -0.15) is 0 Å². The lowest BCUT2D eigenvalue weighted by molar-refractivity contribution is -0.119. The van der Waals surface area contributed by atoms with Gasteiger partial charge in [0, 0.05) is 18.5 Å². The highest BCUT2D eigenvalue weighted by atomic mass is 35.5. The van der Waals surface area contributed by atoms with Crippen LogP contribution in [0.5, 0.6) is 0 Å². The van der Waals surface area contributed by atoms with Gasteiger partial charge in [0.2, 0.25) is 5.91 Å². The summed E-state index contributed by atoms with van der Waals surface area (Å²) in [6.45, 7) is 4.13. The highest BCUT2D eigenvalue weighted by Crippen LogP contribution is 2.13. The van der Waals surface area contributed by atoms with Crippen LogP contribution in [-0.2, 0) is 4.79 Å². The predicted molar refractivity (Wildman–Crippen MR) is 46.6 cm³/mol. The summed E-state index contributed by atoms with van der Waals surface area (Å²) in [5.74, 6) is 0.535. The van der Waals surface area contributed by atoms with E-state index in [1.54, 1.807) is 0 Å². The van der Waals surface area contributed by atoms with Crippen LogP contribution in [0.2, 0.25) is 0 Å². The molecule has 0 spiro atoms. The quantitative estimate of drug-likeness (QED) is 0.606. The Labute approximate surface area is 73.1 Å². The van der Waals surface area contributed by atoms with Crippen LogP contribution in [0.3, 0.4) is 0 Å². The van der Waals surface area contributed by atoms with Crippen molar-refractivity contribution < 1.29 is 4.79 Å². The van der Waals surface area contributed by atoms with Crippen LogP contribution in [-0.4, -0.2) is 18.0 Å². The summed E-state index contributed by atoms with van der Waals surface area (Å²) in [7, 11) is 0. The van der Waals surface area contributed by atoms with Gasteiger partial charge in [-0.15, -0.1) is 12.4 Å². The molecule has 2 atom stereocenters. The Hall–Kier alpha value is -0.280. The number of halogens is 1. The SMILES string of the molecule is CC(C)C1NC(=O)CC1N.Cl. The van der Waals surface area contributed by atoms with Gasteiger partial charge in [0.25, 0.3) is 0 Å². The Bertz CT molecular complexity index is 149. The van der Waals surface area contributed by atoms with Gasteiger partial charge >= 0.3 is 0 Å². The van der Waals surface area contributed by atoms with Crippen molar-refractivity contribution in [3.63, 3.8) is 0 Å². The lowest BCUT2D eigenvalue weighted by Crippen LogP contribution is -2.40. The topological polar surface area (TPSA) is 55.1 Å². The van der Waals surface area contributed by atoms with Crippen molar-refractivity contribution in [1.82, 2.24) is 5.32 Å². The molecule has 0 aromatic heterocycles. The van der Waals surface area contributed by atoms with E-state index in [2.05, 4.69) is 19.2 Å². The van der Waals surface area contributed by atoms with Crippen molar-refractivity contribution in [2.24, 2.45) is 11.7 Å². The molecule has 1 heterocycles. The van der Waals surface area contributed by atoms with E-state index in [4.69, 9.17) is 5.73 Å². The van der Waals surface area contributed by atoms with E-state index in [1.165, 1.54) is 0 Å². The molecule has 0 aromatic carbocycles. The second-order valence-electron chi connectivity index (χ2n) is 3.21. The van der Waals surface area contributed by atoms with Gasteiger partial charge in [-0.1, -0.05) is 13.8 Å². The molecule has 11 heavy (non-hydrogen) atoms. The third-order valence-corrected chi connectivity index (χ3v) is 1.93. The van der Waals surface area contributed by atoms with Crippen LogP contribution in [0, 0.1) is 5.92 Å². The van der Waals surface area contributed by atoms with Gasteiger partial charge in [0.15, 0.2) is 0 Å². The van der Waals surface area contributed by atoms with Crippen LogP contribution in [0.25, 0.3) is 0 Å². The summed E-state index contributed by atoms with van der Waals surface area (Å²) in [6, 6.07) is 0.208. The summed E-state index contributed by atoms with van der Waals surface area (Å²) < 4.78 is 0. The minimum absolute atomic E-state index is 0. The second kappa shape index (κ2) is 3.93. The molecule has 3 N–H and O–H groups in total. The first kappa shape index (κ1) is 10.7. The van der Waals surface area contributed by atoms with Crippen molar-refractivity contribution in [2.75, 3.05) is 0 Å². The Morgan fingerprint density at radius 2 is 2.18 bits per heavy atom. The van der Waals surface area contributed by atoms with Crippen molar-refractivity contribution in [2.45, 2.75) is 32.4 Å². The van der Waals surface area contributed by atoms with Gasteiger partial charge in [-0.25, -0.2) is 0 Å². The molecule has 0 saturated carbocycles. The molecule has 0 radical (unpaired) electrons. The fourth-order valence-corrected chi connectivity index (χ4v) is 1.35. The normalized spacial score (nSPS) is 30.0. The molecule has 0 aliphatic carbocycles. The number of rotatable bonds is 1. The first-order valence-corrected chi connectivity index (χ1v) is 3.66. The fraction of sp³-hybridized carbons (Fsp3) is 0.857. The van der Waals surface area contributed by atoms with E-state index in [-0.39, 0.29) is 30.4 Å². The first-order chi connectivity index (χ1) is 4.61. The number of nitrogens with one attached hydrogen (secondary N) is 1. The summed E-state index contributed by atoms with van der Waals surface area (Å²) in [4.78, 5) is 10.8. The Kier molecular flexibility index (Phi) is 3.83. The third kappa shape index (κ3) is 2.34. The molecule has 1 fully saturated rings. The smallest absolute Gasteiger partial charge is 0.221 e. The maximum absolute atomic E-state index is 10.8. The average molecular weight is 179 g/mol.